The minimum Gasteiger partial charge on any atom is -0.808 e. The zero-order chi connectivity index (χ0) is 17.8. The molecule has 25 heavy (non-hydrogen) atoms. The summed E-state index contributed by atoms with van der Waals surface area (Å²) in [7, 11) is -4.81. The number of nitrogens with two attached hydrogens (primary N) is 2. The molecule has 0 spiro atoms. The van der Waals surface area contributed by atoms with Gasteiger partial charge in [-0.25, -0.2) is 4.99 Å². The Morgan fingerprint density at radius 2 is 1.96 bits per heavy atom. The van der Waals surface area contributed by atoms with E-state index < -0.39 is 13.6 Å². The number of aliphatic imine (C=N–C) groups is 1. The molecule has 3 atom stereocenters. The number of amides is 1. The summed E-state index contributed by atoms with van der Waals surface area (Å²) in [5.41, 5.74) is 10.9. The fourth-order valence-corrected chi connectivity index (χ4v) is 3.72. The maximum absolute atomic E-state index is 11.5. The van der Waals surface area contributed by atoms with Crippen LogP contribution in [-0.2, 0) is 9.36 Å². The van der Waals surface area contributed by atoms with Crippen molar-refractivity contribution in [1.82, 2.24) is 5.32 Å². The van der Waals surface area contributed by atoms with E-state index in [1.165, 1.54) is 13.0 Å². The number of carbonyl (C=O) groups is 1. The first kappa shape index (κ1) is 27.8. The van der Waals surface area contributed by atoms with E-state index >= 15 is 0 Å². The van der Waals surface area contributed by atoms with Crippen molar-refractivity contribution in [3.63, 3.8) is 0 Å². The van der Waals surface area contributed by atoms with Crippen LogP contribution in [0.3, 0.4) is 0 Å². The van der Waals surface area contributed by atoms with Crippen molar-refractivity contribution in [3.8, 4) is 0 Å². The van der Waals surface area contributed by atoms with Crippen LogP contribution in [0.1, 0.15) is 40.0 Å². The molecule has 5 N–H and O–H groups in total. The Balaban J connectivity index is 0. The Labute approximate surface area is 193 Å². The number of allylic oxidation sites excluding steroid dienone is 1. The van der Waals surface area contributed by atoms with E-state index in [-0.39, 0.29) is 94.7 Å². The van der Waals surface area contributed by atoms with Crippen molar-refractivity contribution in [3.05, 3.63) is 11.4 Å². The summed E-state index contributed by atoms with van der Waals surface area (Å²) in [6.45, 7) is 5.48. The summed E-state index contributed by atoms with van der Waals surface area (Å²) in [5.74, 6) is -0.188. The predicted octanol–water partition coefficient (Wildman–Crippen LogP) is -6.61. The molecule has 1 aliphatic carbocycles. The van der Waals surface area contributed by atoms with Gasteiger partial charge < -0.3 is 31.1 Å². The summed E-state index contributed by atoms with van der Waals surface area (Å²) >= 11 is 0. The third-order valence-corrected chi connectivity index (χ3v) is 4.90. The van der Waals surface area contributed by atoms with Crippen molar-refractivity contribution in [2.75, 3.05) is 0 Å². The minimum atomic E-state index is -4.81. The van der Waals surface area contributed by atoms with Gasteiger partial charge in [0.1, 0.15) is 0 Å². The summed E-state index contributed by atoms with van der Waals surface area (Å²) in [6, 6.07) is -0.747. The van der Waals surface area contributed by atoms with Crippen LogP contribution < -0.4 is 85.7 Å². The molecule has 0 saturated carbocycles. The fourth-order valence-electron chi connectivity index (χ4n) is 2.98. The molecule has 1 amide bonds. The van der Waals surface area contributed by atoms with Crippen LogP contribution >= 0.6 is 7.60 Å². The van der Waals surface area contributed by atoms with Crippen LogP contribution in [0.4, 0.5) is 0 Å². The molecule has 11 heteroatoms. The maximum atomic E-state index is 11.5. The van der Waals surface area contributed by atoms with Crippen molar-refractivity contribution in [2.24, 2.45) is 28.3 Å². The van der Waals surface area contributed by atoms with Gasteiger partial charge in [-0.3, -0.25) is 4.79 Å². The maximum Gasteiger partial charge on any atom is 1.00 e. The second kappa shape index (κ2) is 12.2. The quantitative estimate of drug-likeness (QED) is 0.177. The topological polar surface area (TPSA) is 157 Å². The van der Waals surface area contributed by atoms with Gasteiger partial charge in [-0.2, -0.15) is 0 Å². The van der Waals surface area contributed by atoms with Crippen LogP contribution in [0.15, 0.2) is 16.4 Å². The minimum absolute atomic E-state index is 0. The average molecular weight is 390 g/mol. The van der Waals surface area contributed by atoms with E-state index in [9.17, 15) is 19.1 Å². The molecule has 0 aromatic rings. The molecule has 1 rings (SSSR count). The summed E-state index contributed by atoms with van der Waals surface area (Å²) in [5, 5.41) is 2.72. The van der Waals surface area contributed by atoms with Gasteiger partial charge in [0.05, 0.1) is 6.04 Å². The molecule has 1 aliphatic rings. The fraction of sp³-hybridized carbons (Fsp3) is 0.714. The van der Waals surface area contributed by atoms with Gasteiger partial charge in [-0.15, -0.1) is 0 Å². The molecule has 0 fully saturated rings. The molecule has 0 saturated heterocycles. The molecule has 3 unspecified atom stereocenters. The Kier molecular flexibility index (Phi) is 13.5. The number of rotatable bonds is 6. The predicted molar refractivity (Wildman–Crippen MR) is 85.1 cm³/mol. The van der Waals surface area contributed by atoms with E-state index in [1.807, 2.05) is 13.8 Å². The summed E-state index contributed by atoms with van der Waals surface area (Å²) < 4.78 is 11.3. The number of nitrogens with one attached hydrogen (secondary N) is 1. The van der Waals surface area contributed by atoms with Gasteiger partial charge in [0, 0.05) is 18.9 Å². The number of hydrogen-bond donors (Lipinski definition) is 3. The van der Waals surface area contributed by atoms with Gasteiger partial charge in [0.25, 0.3) is 0 Å². The van der Waals surface area contributed by atoms with Crippen LogP contribution in [0.25, 0.3) is 0 Å². The van der Waals surface area contributed by atoms with Gasteiger partial charge in [-0.05, 0) is 38.1 Å². The van der Waals surface area contributed by atoms with E-state index in [1.54, 1.807) is 0 Å². The smallest absolute Gasteiger partial charge is 0.808 e. The zero-order valence-electron chi connectivity index (χ0n) is 15.7. The molecule has 0 aliphatic heterocycles. The molecule has 8 nitrogen and oxygen atoms in total. The molecule has 0 aromatic heterocycles. The van der Waals surface area contributed by atoms with E-state index in [0.717, 1.165) is 0 Å². The zero-order valence-corrected chi connectivity index (χ0v) is 20.6. The Morgan fingerprint density at radius 3 is 2.36 bits per heavy atom. The van der Waals surface area contributed by atoms with Crippen molar-refractivity contribution < 1.29 is 78.3 Å². The molecule has 132 valence electrons. The SMILES string of the molecule is CC(=O)NC(CC(C)C)C1CC=C(P(=O)([O-])[O-])CC1N=C(N)N.[Na+].[Na+]. The molecule has 0 radical (unpaired) electrons. The van der Waals surface area contributed by atoms with Crippen molar-refractivity contribution in [2.45, 2.75) is 52.1 Å². The third kappa shape index (κ3) is 9.94. The van der Waals surface area contributed by atoms with Crippen LogP contribution in [0.2, 0.25) is 0 Å². The van der Waals surface area contributed by atoms with E-state index in [2.05, 4.69) is 10.3 Å². The van der Waals surface area contributed by atoms with Gasteiger partial charge in [0.15, 0.2) is 5.96 Å². The van der Waals surface area contributed by atoms with Crippen molar-refractivity contribution in [1.29, 1.82) is 0 Å². The first-order valence-corrected chi connectivity index (χ1v) is 9.12. The van der Waals surface area contributed by atoms with E-state index in [4.69, 9.17) is 11.5 Å². The summed E-state index contributed by atoms with van der Waals surface area (Å²) in [6.07, 6.45) is 2.42. The normalized spacial score (nSPS) is 21.3. The van der Waals surface area contributed by atoms with Gasteiger partial charge >= 0.3 is 59.1 Å². The molecular formula is C14H25N4Na2O4P. The monoisotopic (exact) mass is 390 g/mol. The second-order valence-electron chi connectivity index (χ2n) is 6.35. The number of carbonyl (C=O) groups excluding carboxylic acids is 1. The van der Waals surface area contributed by atoms with E-state index in [0.29, 0.717) is 18.8 Å². The van der Waals surface area contributed by atoms with Crippen LogP contribution in [0.5, 0.6) is 0 Å². The third-order valence-electron chi connectivity index (χ3n) is 3.84. The molecule has 0 heterocycles. The number of guanidine groups is 1. The molecule has 0 bridgehead atoms. The summed E-state index contributed by atoms with van der Waals surface area (Å²) in [4.78, 5) is 38.1. The van der Waals surface area contributed by atoms with Gasteiger partial charge in [0.2, 0.25) is 5.91 Å². The standard InChI is InChI=1S/C14H27N4O4P.2Na/c1-8(2)6-12(17-9(3)19)11-5-4-10(23(20,21)22)7-13(11)18-14(15)16;;/h4,8,11-13H,5-7H2,1-3H3,(H,17,19)(H4,15,16,18)(H2,20,21,22);;/q;2*+1/p-2. The van der Waals surface area contributed by atoms with Crippen LogP contribution in [0, 0.1) is 11.8 Å². The Bertz CT molecular complexity index is 547. The average Bonchev–Trinajstić information content (AvgIpc) is 2.34. The van der Waals surface area contributed by atoms with Gasteiger partial charge in [-0.1, -0.05) is 19.9 Å². The number of hydrogen-bond acceptors (Lipinski definition) is 5. The molecular weight excluding hydrogens is 365 g/mol. The van der Waals surface area contributed by atoms with Crippen LogP contribution in [-0.4, -0.2) is 24.0 Å². The molecule has 0 aromatic carbocycles. The number of nitrogens with zero attached hydrogens (tertiary/aromatic N) is 1. The Hall–Kier alpha value is 0.630. The largest absolute Gasteiger partial charge is 1.00 e. The van der Waals surface area contributed by atoms with Crippen molar-refractivity contribution >= 4 is 19.5 Å². The Morgan fingerprint density at radius 1 is 1.40 bits per heavy atom. The first-order chi connectivity index (χ1) is 10.5. The second-order valence-corrected chi connectivity index (χ2v) is 7.92. The first-order valence-electron chi connectivity index (χ1n) is 7.58.